The van der Waals surface area contributed by atoms with Gasteiger partial charge in [-0.25, -0.2) is 4.79 Å². The Labute approximate surface area is 135 Å². The minimum Gasteiger partial charge on any atom is -0.452 e. The smallest absolute Gasteiger partial charge is 0.375 e. The van der Waals surface area contributed by atoms with Crippen LogP contribution >= 0.6 is 11.6 Å². The van der Waals surface area contributed by atoms with E-state index in [9.17, 15) is 4.79 Å². The molecule has 0 aliphatic rings. The molecule has 118 valence electrons. The lowest BCUT2D eigenvalue weighted by Gasteiger charge is -2.03. The molecule has 0 aliphatic carbocycles. The van der Waals surface area contributed by atoms with E-state index in [0.29, 0.717) is 16.2 Å². The summed E-state index contributed by atoms with van der Waals surface area (Å²) in [5.41, 5.74) is 12.0. The average Bonchev–Trinajstić information content (AvgIpc) is 2.83. The SMILES string of the molecule is Cc1c(C(=O)OCc2nc(N)nc(N)n2)oc2c(Cl)cccc12. The number of nitrogens with two attached hydrogens (primary N) is 2. The maximum atomic E-state index is 12.2. The van der Waals surface area contributed by atoms with Crippen LogP contribution in [0.15, 0.2) is 22.6 Å². The number of carbonyl (C=O) groups excluding carboxylic acids is 1. The Kier molecular flexibility index (Phi) is 3.75. The van der Waals surface area contributed by atoms with Crippen molar-refractivity contribution in [2.75, 3.05) is 11.5 Å². The van der Waals surface area contributed by atoms with Gasteiger partial charge in [0.1, 0.15) is 0 Å². The molecule has 0 fully saturated rings. The van der Waals surface area contributed by atoms with E-state index in [0.717, 1.165) is 5.39 Å². The molecule has 0 amide bonds. The molecule has 4 N–H and O–H groups in total. The minimum absolute atomic E-state index is 0.0461. The summed E-state index contributed by atoms with van der Waals surface area (Å²) in [6.07, 6.45) is 0. The van der Waals surface area contributed by atoms with Gasteiger partial charge in [-0.15, -0.1) is 0 Å². The fourth-order valence-electron chi connectivity index (χ4n) is 2.12. The summed E-state index contributed by atoms with van der Waals surface area (Å²) in [6.45, 7) is 1.54. The first-order valence-electron chi connectivity index (χ1n) is 6.56. The number of benzene rings is 1. The van der Waals surface area contributed by atoms with Crippen molar-refractivity contribution in [1.82, 2.24) is 15.0 Å². The molecule has 2 heterocycles. The quantitative estimate of drug-likeness (QED) is 0.697. The highest BCUT2D eigenvalue weighted by atomic mass is 35.5. The zero-order valence-corrected chi connectivity index (χ0v) is 12.8. The van der Waals surface area contributed by atoms with Crippen LogP contribution < -0.4 is 11.5 Å². The summed E-state index contributed by atoms with van der Waals surface area (Å²) in [6, 6.07) is 5.27. The Morgan fingerprint density at radius 1 is 1.26 bits per heavy atom. The lowest BCUT2D eigenvalue weighted by atomic mass is 10.1. The second kappa shape index (κ2) is 5.73. The van der Waals surface area contributed by atoms with E-state index in [-0.39, 0.29) is 30.1 Å². The summed E-state index contributed by atoms with van der Waals surface area (Å²) >= 11 is 6.05. The molecule has 0 unspecified atom stereocenters. The molecular formula is C14H12ClN5O3. The van der Waals surface area contributed by atoms with E-state index in [1.54, 1.807) is 19.1 Å². The predicted molar refractivity (Wildman–Crippen MR) is 83.7 cm³/mol. The molecule has 0 spiro atoms. The topological polar surface area (TPSA) is 130 Å². The van der Waals surface area contributed by atoms with E-state index in [1.807, 2.05) is 6.07 Å². The zero-order chi connectivity index (χ0) is 16.6. The number of esters is 1. The first-order chi connectivity index (χ1) is 11.0. The summed E-state index contributed by atoms with van der Waals surface area (Å²) in [4.78, 5) is 23.5. The molecule has 9 heteroatoms. The van der Waals surface area contributed by atoms with Gasteiger partial charge < -0.3 is 20.6 Å². The number of hydrogen-bond acceptors (Lipinski definition) is 8. The monoisotopic (exact) mass is 333 g/mol. The van der Waals surface area contributed by atoms with Gasteiger partial charge in [0, 0.05) is 10.9 Å². The number of fused-ring (bicyclic) bond motifs is 1. The number of ether oxygens (including phenoxy) is 1. The van der Waals surface area contributed by atoms with Crippen LogP contribution in [0.4, 0.5) is 11.9 Å². The molecule has 0 aliphatic heterocycles. The van der Waals surface area contributed by atoms with Crippen molar-refractivity contribution >= 4 is 40.4 Å². The summed E-state index contributed by atoms with van der Waals surface area (Å²) < 4.78 is 10.7. The highest BCUT2D eigenvalue weighted by molar-refractivity contribution is 6.35. The number of nitrogens with zero attached hydrogens (tertiary/aromatic N) is 3. The number of para-hydroxylation sites is 1. The van der Waals surface area contributed by atoms with Crippen LogP contribution in [-0.2, 0) is 11.3 Å². The molecule has 0 bridgehead atoms. The van der Waals surface area contributed by atoms with Crippen molar-refractivity contribution in [2.24, 2.45) is 0 Å². The number of furan rings is 1. The lowest BCUT2D eigenvalue weighted by Crippen LogP contribution is -2.11. The highest BCUT2D eigenvalue weighted by Crippen LogP contribution is 2.31. The van der Waals surface area contributed by atoms with Gasteiger partial charge in [-0.3, -0.25) is 0 Å². The molecule has 8 nitrogen and oxygen atoms in total. The Bertz CT molecular complexity index is 889. The third-order valence-corrected chi connectivity index (χ3v) is 3.45. The maximum Gasteiger partial charge on any atom is 0.375 e. The van der Waals surface area contributed by atoms with E-state index in [2.05, 4.69) is 15.0 Å². The first-order valence-corrected chi connectivity index (χ1v) is 6.94. The number of halogens is 1. The molecule has 0 radical (unpaired) electrons. The Balaban J connectivity index is 1.83. The van der Waals surface area contributed by atoms with E-state index in [1.165, 1.54) is 0 Å². The summed E-state index contributed by atoms with van der Waals surface area (Å²) in [5.74, 6) is -0.531. The second-order valence-electron chi connectivity index (χ2n) is 4.72. The predicted octanol–water partition coefficient (Wildman–Crippen LogP) is 2.10. The van der Waals surface area contributed by atoms with Crippen LogP contribution in [0.3, 0.4) is 0 Å². The van der Waals surface area contributed by atoms with Gasteiger partial charge in [0.25, 0.3) is 0 Å². The normalized spacial score (nSPS) is 10.9. The molecular weight excluding hydrogens is 322 g/mol. The van der Waals surface area contributed by atoms with Gasteiger partial charge in [-0.2, -0.15) is 15.0 Å². The highest BCUT2D eigenvalue weighted by Gasteiger charge is 2.20. The number of rotatable bonds is 3. The van der Waals surface area contributed by atoms with Crippen LogP contribution in [0.25, 0.3) is 11.0 Å². The Morgan fingerprint density at radius 3 is 2.61 bits per heavy atom. The van der Waals surface area contributed by atoms with Crippen molar-refractivity contribution in [2.45, 2.75) is 13.5 Å². The van der Waals surface area contributed by atoms with E-state index >= 15 is 0 Å². The van der Waals surface area contributed by atoms with Crippen molar-refractivity contribution < 1.29 is 13.9 Å². The molecule has 2 aromatic heterocycles. The molecule has 3 aromatic rings. The molecule has 1 aromatic carbocycles. The minimum atomic E-state index is -0.660. The number of nitrogen functional groups attached to an aromatic ring is 2. The van der Waals surface area contributed by atoms with Gasteiger partial charge in [0.05, 0.1) is 5.02 Å². The van der Waals surface area contributed by atoms with Crippen LogP contribution in [0.2, 0.25) is 5.02 Å². The summed E-state index contributed by atoms with van der Waals surface area (Å²) in [7, 11) is 0. The first kappa shape index (κ1) is 15.0. The van der Waals surface area contributed by atoms with Crippen LogP contribution in [0.5, 0.6) is 0 Å². The van der Waals surface area contributed by atoms with Crippen LogP contribution in [0, 0.1) is 6.92 Å². The van der Waals surface area contributed by atoms with Crippen LogP contribution in [0.1, 0.15) is 21.9 Å². The fraction of sp³-hybridized carbons (Fsp3) is 0.143. The number of aryl methyl sites for hydroxylation is 1. The van der Waals surface area contributed by atoms with Crippen molar-refractivity contribution in [3.8, 4) is 0 Å². The molecule has 23 heavy (non-hydrogen) atoms. The van der Waals surface area contributed by atoms with Gasteiger partial charge in [0.15, 0.2) is 18.0 Å². The number of hydrogen-bond donors (Lipinski definition) is 2. The number of anilines is 2. The Hall–Kier alpha value is -2.87. The van der Waals surface area contributed by atoms with Gasteiger partial charge in [0.2, 0.25) is 17.7 Å². The third kappa shape index (κ3) is 2.88. The third-order valence-electron chi connectivity index (χ3n) is 3.15. The second-order valence-corrected chi connectivity index (χ2v) is 5.12. The van der Waals surface area contributed by atoms with Crippen molar-refractivity contribution in [3.05, 3.63) is 40.4 Å². The molecule has 3 rings (SSSR count). The molecule has 0 saturated carbocycles. The Morgan fingerprint density at radius 2 is 1.96 bits per heavy atom. The number of carbonyl (C=O) groups is 1. The maximum absolute atomic E-state index is 12.2. The summed E-state index contributed by atoms with van der Waals surface area (Å²) in [5, 5.41) is 1.17. The van der Waals surface area contributed by atoms with Crippen molar-refractivity contribution in [3.63, 3.8) is 0 Å². The van der Waals surface area contributed by atoms with Crippen molar-refractivity contribution in [1.29, 1.82) is 0 Å². The van der Waals surface area contributed by atoms with Gasteiger partial charge in [-0.1, -0.05) is 23.7 Å². The fourth-order valence-corrected chi connectivity index (χ4v) is 2.33. The lowest BCUT2D eigenvalue weighted by molar-refractivity contribution is 0.0427. The van der Waals surface area contributed by atoms with Crippen LogP contribution in [-0.4, -0.2) is 20.9 Å². The molecule has 0 saturated heterocycles. The number of aromatic nitrogens is 3. The standard InChI is InChI=1S/C14H12ClN5O3/c1-6-7-3-2-4-8(15)11(7)23-10(6)12(21)22-5-9-18-13(16)20-14(17)19-9/h2-4H,5H2,1H3,(H4,16,17,18,19,20). The molecule has 0 atom stereocenters. The average molecular weight is 334 g/mol. The van der Waals surface area contributed by atoms with Gasteiger partial charge in [-0.05, 0) is 13.0 Å². The van der Waals surface area contributed by atoms with E-state index < -0.39 is 5.97 Å². The zero-order valence-electron chi connectivity index (χ0n) is 12.0. The van der Waals surface area contributed by atoms with E-state index in [4.69, 9.17) is 32.2 Å². The van der Waals surface area contributed by atoms with Gasteiger partial charge >= 0.3 is 5.97 Å². The largest absolute Gasteiger partial charge is 0.452 e.